The van der Waals surface area contributed by atoms with E-state index in [1.54, 1.807) is 0 Å². The van der Waals surface area contributed by atoms with E-state index in [4.69, 9.17) is 13.7 Å². The number of nitrogens with zero attached hydrogens (tertiary/aromatic N) is 2. The maximum absolute atomic E-state index is 12.1. The summed E-state index contributed by atoms with van der Waals surface area (Å²) in [6.45, 7) is 10.0. The fourth-order valence-corrected chi connectivity index (χ4v) is 10.1. The highest BCUT2D eigenvalue weighted by atomic mass is 32.2. The van der Waals surface area contributed by atoms with Gasteiger partial charge in [-0.15, -0.1) is 0 Å². The molecule has 0 atom stereocenters. The standard InChI is InChI=1S/C49H60N2O9S2/c1-48(2)40-18-7-9-20-42(40)50(32-11-13-34-61(53,54)55)44(48)29-25-37-16-15-17-38(47(37)60-39-27-22-36(23-28-39)24-31-46(52)58-5)26-30-45-49(3,4)41-19-8-10-21-43(41)51(45)33-12-14-35-62(56,57)59-6/h7-10,18-23,25-30H,11-17,24,31-35H2,1-6H3. The summed E-state index contributed by atoms with van der Waals surface area (Å²) in [6.07, 6.45) is 14.0. The minimum Gasteiger partial charge on any atom is -0.748 e. The minimum absolute atomic E-state index is 0.0363. The molecule has 0 amide bonds. The molecule has 0 radical (unpaired) electrons. The lowest BCUT2D eigenvalue weighted by atomic mass is 9.81. The molecule has 2 heterocycles. The largest absolute Gasteiger partial charge is 0.748 e. The Morgan fingerprint density at radius 3 is 2.21 bits per heavy atom. The van der Waals surface area contributed by atoms with Crippen LogP contribution < -0.4 is 9.64 Å². The predicted molar refractivity (Wildman–Crippen MR) is 243 cm³/mol. The zero-order valence-electron chi connectivity index (χ0n) is 36.8. The van der Waals surface area contributed by atoms with Gasteiger partial charge in [-0.3, -0.25) is 8.98 Å². The van der Waals surface area contributed by atoms with Crippen LogP contribution >= 0.6 is 0 Å². The molecule has 0 fully saturated rings. The van der Waals surface area contributed by atoms with Crippen LogP contribution in [0.5, 0.6) is 5.75 Å². The van der Waals surface area contributed by atoms with Crippen molar-refractivity contribution in [3.8, 4) is 5.75 Å². The Labute approximate surface area is 368 Å². The summed E-state index contributed by atoms with van der Waals surface area (Å²) < 4.78 is 77.1. The van der Waals surface area contributed by atoms with Gasteiger partial charge in [-0.05, 0) is 111 Å². The first-order valence-corrected chi connectivity index (χ1v) is 24.6. The molecule has 3 aliphatic rings. The molecule has 0 spiro atoms. The van der Waals surface area contributed by atoms with Crippen LogP contribution in [0.4, 0.5) is 11.4 Å². The summed E-state index contributed by atoms with van der Waals surface area (Å²) in [5, 5.41) is 0. The smallest absolute Gasteiger partial charge is 0.305 e. The van der Waals surface area contributed by atoms with Crippen molar-refractivity contribution < 1.29 is 44.4 Å². The zero-order valence-corrected chi connectivity index (χ0v) is 38.4. The van der Waals surface area contributed by atoms with Gasteiger partial charge in [0.2, 0.25) is 5.69 Å². The topological polar surface area (TPSA) is 142 Å². The highest BCUT2D eigenvalue weighted by Gasteiger charge is 2.44. The first kappa shape index (κ1) is 46.7. The third-order valence-corrected chi connectivity index (χ3v) is 14.3. The van der Waals surface area contributed by atoms with Crippen LogP contribution in [0, 0.1) is 0 Å². The molecule has 11 nitrogen and oxygen atoms in total. The first-order valence-electron chi connectivity index (χ1n) is 21.4. The number of para-hydroxylation sites is 2. The van der Waals surface area contributed by atoms with Gasteiger partial charge in [-0.2, -0.15) is 13.0 Å². The number of aryl methyl sites for hydroxylation is 1. The molecular formula is C49H60N2O9S2. The Morgan fingerprint density at radius 1 is 0.806 bits per heavy atom. The molecule has 3 aromatic rings. The highest BCUT2D eigenvalue weighted by Crippen LogP contribution is 2.48. The number of esters is 1. The van der Waals surface area contributed by atoms with Gasteiger partial charge in [0.1, 0.15) is 18.1 Å². The van der Waals surface area contributed by atoms with Crippen molar-refractivity contribution >= 4 is 43.3 Å². The molecule has 0 unspecified atom stereocenters. The van der Waals surface area contributed by atoms with Crippen LogP contribution in [0.15, 0.2) is 120 Å². The van der Waals surface area contributed by atoms with Crippen molar-refractivity contribution in [3.05, 3.63) is 136 Å². The van der Waals surface area contributed by atoms with Gasteiger partial charge in [-0.1, -0.05) is 68.5 Å². The Morgan fingerprint density at radius 2 is 1.50 bits per heavy atom. The molecule has 62 heavy (non-hydrogen) atoms. The first-order chi connectivity index (χ1) is 29.4. The van der Waals surface area contributed by atoms with Gasteiger partial charge in [-0.25, -0.2) is 8.42 Å². The zero-order chi connectivity index (χ0) is 44.7. The van der Waals surface area contributed by atoms with Crippen LogP contribution in [0.3, 0.4) is 0 Å². The lowest BCUT2D eigenvalue weighted by molar-refractivity contribution is -0.438. The molecule has 2 aliphatic heterocycles. The molecule has 0 N–H and O–H groups in total. The molecule has 0 aromatic heterocycles. The van der Waals surface area contributed by atoms with Gasteiger partial charge in [0.05, 0.1) is 35.5 Å². The number of anilines is 1. The fraction of sp³-hybridized carbons (Fsp3) is 0.429. The summed E-state index contributed by atoms with van der Waals surface area (Å²) in [6, 6.07) is 24.5. The van der Waals surface area contributed by atoms with E-state index in [1.807, 2.05) is 42.5 Å². The quantitative estimate of drug-likeness (QED) is 0.0377. The Balaban J connectivity index is 1.40. The third kappa shape index (κ3) is 11.0. The summed E-state index contributed by atoms with van der Waals surface area (Å²) >= 11 is 0. The van der Waals surface area contributed by atoms with Crippen molar-refractivity contribution in [1.29, 1.82) is 0 Å². The predicted octanol–water partition coefficient (Wildman–Crippen LogP) is 8.93. The number of carbonyl (C=O) groups excluding carboxylic acids is 1. The van der Waals surface area contributed by atoms with E-state index in [0.29, 0.717) is 44.5 Å². The average molecular weight is 885 g/mol. The number of allylic oxidation sites excluding steroid dienone is 7. The number of benzene rings is 3. The Kier molecular flexibility index (Phi) is 14.8. The van der Waals surface area contributed by atoms with E-state index in [-0.39, 0.29) is 41.1 Å². The van der Waals surface area contributed by atoms with E-state index < -0.39 is 20.2 Å². The highest BCUT2D eigenvalue weighted by molar-refractivity contribution is 7.86. The summed E-state index contributed by atoms with van der Waals surface area (Å²) in [5.74, 6) is 0.764. The van der Waals surface area contributed by atoms with Crippen molar-refractivity contribution in [3.63, 3.8) is 0 Å². The van der Waals surface area contributed by atoms with Gasteiger partial charge in [0.15, 0.2) is 5.71 Å². The summed E-state index contributed by atoms with van der Waals surface area (Å²) in [7, 11) is -5.26. The van der Waals surface area contributed by atoms with E-state index in [1.165, 1.54) is 25.3 Å². The van der Waals surface area contributed by atoms with E-state index in [9.17, 15) is 26.2 Å². The number of unbranched alkanes of at least 4 members (excludes halogenated alkanes) is 2. The molecule has 332 valence electrons. The van der Waals surface area contributed by atoms with Crippen LogP contribution in [0.1, 0.15) is 95.8 Å². The van der Waals surface area contributed by atoms with E-state index in [0.717, 1.165) is 64.5 Å². The van der Waals surface area contributed by atoms with E-state index in [2.05, 4.69) is 91.8 Å². The number of methoxy groups -OCH3 is 1. The van der Waals surface area contributed by atoms with Gasteiger partial charge in [0.25, 0.3) is 10.1 Å². The summed E-state index contributed by atoms with van der Waals surface area (Å²) in [4.78, 5) is 14.1. The van der Waals surface area contributed by atoms with Crippen LogP contribution in [-0.4, -0.2) is 76.5 Å². The van der Waals surface area contributed by atoms with Gasteiger partial charge < -0.3 is 18.9 Å². The molecule has 13 heteroatoms. The second-order valence-corrected chi connectivity index (χ2v) is 20.6. The van der Waals surface area contributed by atoms with Crippen LogP contribution in [0.25, 0.3) is 0 Å². The molecule has 0 saturated heterocycles. The number of fused-ring (bicyclic) bond motifs is 2. The van der Waals surface area contributed by atoms with Crippen molar-refractivity contribution in [2.24, 2.45) is 0 Å². The third-order valence-electron chi connectivity index (χ3n) is 12.3. The van der Waals surface area contributed by atoms with Gasteiger partial charge >= 0.3 is 5.97 Å². The Bertz CT molecular complexity index is 2510. The monoisotopic (exact) mass is 884 g/mol. The van der Waals surface area contributed by atoms with Crippen LogP contribution in [-0.2, 0) is 51.2 Å². The fourth-order valence-electron chi connectivity index (χ4n) is 8.85. The number of hydrogen-bond acceptors (Lipinski definition) is 10. The van der Waals surface area contributed by atoms with Crippen LogP contribution in [0.2, 0.25) is 0 Å². The normalized spacial score (nSPS) is 18.5. The van der Waals surface area contributed by atoms with E-state index >= 15 is 0 Å². The number of carbonyl (C=O) groups is 1. The SMILES string of the molecule is COC(=O)CCc1ccc(OC2=C(/C=C/C3=[N+](CCCCS(=O)(=O)OC)c4ccccc4C3(C)C)CCC/C2=C\C=C2\N(CCCCS(=O)(=O)[O-])c3ccccc3C2(C)C)cc1. The molecular weight excluding hydrogens is 825 g/mol. The second-order valence-electron chi connectivity index (χ2n) is 17.2. The average Bonchev–Trinajstić information content (AvgIpc) is 3.60. The van der Waals surface area contributed by atoms with Gasteiger partial charge in [0, 0.05) is 59.6 Å². The summed E-state index contributed by atoms with van der Waals surface area (Å²) in [5.41, 5.74) is 9.15. The number of hydrogen-bond donors (Lipinski definition) is 0. The number of ether oxygens (including phenoxy) is 2. The molecule has 0 saturated carbocycles. The molecule has 0 bridgehead atoms. The Hall–Kier alpha value is -4.82. The minimum atomic E-state index is -4.30. The molecule has 3 aromatic carbocycles. The molecule has 1 aliphatic carbocycles. The second kappa shape index (κ2) is 19.7. The number of rotatable bonds is 19. The molecule has 6 rings (SSSR count). The lowest BCUT2D eigenvalue weighted by Crippen LogP contribution is -2.28. The van der Waals surface area contributed by atoms with Crippen molar-refractivity contribution in [1.82, 2.24) is 0 Å². The lowest BCUT2D eigenvalue weighted by Gasteiger charge is -2.27. The van der Waals surface area contributed by atoms with Crippen molar-refractivity contribution in [2.75, 3.05) is 43.7 Å². The van der Waals surface area contributed by atoms with Crippen molar-refractivity contribution in [2.45, 2.75) is 96.3 Å². The maximum atomic E-state index is 12.1. The maximum Gasteiger partial charge on any atom is 0.305 e.